The van der Waals surface area contributed by atoms with Crippen molar-refractivity contribution in [1.29, 1.82) is 0 Å². The Hall–Kier alpha value is -5.68. The smallest absolute Gasteiger partial charge is 0.408 e. The average molecular weight is 724 g/mol. The third-order valence-electron chi connectivity index (χ3n) is 9.16. The molecular weight excluding hydrogens is 674 g/mol. The van der Waals surface area contributed by atoms with Crippen molar-refractivity contribution in [3.63, 3.8) is 0 Å². The van der Waals surface area contributed by atoms with Gasteiger partial charge in [-0.1, -0.05) is 90.0 Å². The second-order valence-corrected chi connectivity index (χ2v) is 13.9. The van der Waals surface area contributed by atoms with Gasteiger partial charge in [-0.2, -0.15) is 0 Å². The van der Waals surface area contributed by atoms with Crippen molar-refractivity contribution in [3.05, 3.63) is 118 Å². The molecule has 4 rings (SSSR count). The molecular formula is C40H49N7O6. The van der Waals surface area contributed by atoms with Crippen molar-refractivity contribution in [2.45, 2.75) is 89.4 Å². The highest BCUT2D eigenvalue weighted by Crippen LogP contribution is 2.26. The summed E-state index contributed by atoms with van der Waals surface area (Å²) in [6, 6.07) is 25.7. The van der Waals surface area contributed by atoms with Gasteiger partial charge < -0.3 is 30.4 Å². The summed E-state index contributed by atoms with van der Waals surface area (Å²) in [6.07, 6.45) is 0.911. The summed E-state index contributed by atoms with van der Waals surface area (Å²) in [5.74, 6) is -1.15. The lowest BCUT2D eigenvalue weighted by molar-refractivity contribution is -0.142. The van der Waals surface area contributed by atoms with E-state index in [9.17, 15) is 24.0 Å². The van der Waals surface area contributed by atoms with Gasteiger partial charge >= 0.3 is 6.09 Å². The van der Waals surface area contributed by atoms with E-state index in [4.69, 9.17) is 10.3 Å². The van der Waals surface area contributed by atoms with Crippen molar-refractivity contribution in [2.75, 3.05) is 19.6 Å². The Morgan fingerprint density at radius 1 is 0.887 bits per heavy atom. The first-order chi connectivity index (χ1) is 25.5. The predicted octanol–water partition coefficient (Wildman–Crippen LogP) is 5.73. The number of fused-ring (bicyclic) bond motifs is 1. The Labute approximate surface area is 310 Å². The van der Waals surface area contributed by atoms with Crippen LogP contribution in [0.3, 0.4) is 0 Å². The molecule has 1 aliphatic heterocycles. The van der Waals surface area contributed by atoms with Crippen molar-refractivity contribution >= 4 is 29.6 Å². The van der Waals surface area contributed by atoms with Crippen LogP contribution in [0.15, 0.2) is 90.0 Å². The lowest BCUT2D eigenvalue weighted by Gasteiger charge is -2.36. The molecule has 0 bridgehead atoms. The molecule has 13 nitrogen and oxygen atoms in total. The van der Waals surface area contributed by atoms with E-state index in [2.05, 4.69) is 26.0 Å². The number of benzene rings is 3. The summed E-state index contributed by atoms with van der Waals surface area (Å²) in [7, 11) is 0. The number of ether oxygens (including phenoxy) is 1. The Kier molecular flexibility index (Phi) is 15.0. The zero-order valence-corrected chi connectivity index (χ0v) is 30.6. The van der Waals surface area contributed by atoms with Gasteiger partial charge in [0.25, 0.3) is 0 Å². The first-order valence-corrected chi connectivity index (χ1v) is 18.0. The normalized spacial score (nSPS) is 14.3. The second kappa shape index (κ2) is 19.8. The number of carbonyl (C=O) groups excluding carboxylic acids is 5. The van der Waals surface area contributed by atoms with Gasteiger partial charge in [-0.15, -0.1) is 0 Å². The van der Waals surface area contributed by atoms with Crippen molar-refractivity contribution < 1.29 is 28.7 Å². The number of azide groups is 1. The molecule has 13 heteroatoms. The number of nitrogens with zero attached hydrogens (tertiary/aromatic N) is 4. The molecule has 3 aromatic rings. The van der Waals surface area contributed by atoms with Crippen LogP contribution in [0.25, 0.3) is 10.4 Å². The van der Waals surface area contributed by atoms with Gasteiger partial charge in [0.05, 0.1) is 6.54 Å². The number of ketones is 1. The van der Waals surface area contributed by atoms with Gasteiger partial charge in [-0.3, -0.25) is 14.4 Å². The van der Waals surface area contributed by atoms with Crippen LogP contribution < -0.4 is 16.0 Å². The minimum absolute atomic E-state index is 0.0420. The summed E-state index contributed by atoms with van der Waals surface area (Å²) < 4.78 is 5.49. The van der Waals surface area contributed by atoms with E-state index in [-0.39, 0.29) is 62.4 Å². The van der Waals surface area contributed by atoms with Crippen LogP contribution in [0.4, 0.5) is 4.79 Å². The standard InChI is InChI=1S/C40H49N7O6/c1-28(48)21-22-36(49)47-26-32-19-11-10-18-31(32)24-35(47)38(51)42-23-13-12-20-34(45-39(52)53-40(2,3)27-44-46-41)37(50)43-25-33(29-14-6-4-7-15-29)30-16-8-5-9-17-30/h4-11,14-19,33-35H,12-13,20-27H2,1-3H3,(H,42,51)(H,43,50)(H,45,52)/t34-,35-/m0/s1. The van der Waals surface area contributed by atoms with Crippen LogP contribution in [0.5, 0.6) is 0 Å². The summed E-state index contributed by atoms with van der Waals surface area (Å²) >= 11 is 0. The fourth-order valence-electron chi connectivity index (χ4n) is 6.30. The molecule has 0 spiro atoms. The van der Waals surface area contributed by atoms with Gasteiger partial charge in [0.15, 0.2) is 0 Å². The van der Waals surface area contributed by atoms with E-state index in [1.807, 2.05) is 84.9 Å². The molecule has 3 aromatic carbocycles. The molecule has 0 fully saturated rings. The Balaban J connectivity index is 1.39. The van der Waals surface area contributed by atoms with E-state index in [0.717, 1.165) is 22.3 Å². The molecule has 0 saturated heterocycles. The second-order valence-electron chi connectivity index (χ2n) is 13.9. The number of amides is 4. The Morgan fingerprint density at radius 3 is 2.13 bits per heavy atom. The van der Waals surface area contributed by atoms with Crippen LogP contribution in [0, 0.1) is 0 Å². The summed E-state index contributed by atoms with van der Waals surface area (Å²) in [5, 5.41) is 12.2. The summed E-state index contributed by atoms with van der Waals surface area (Å²) in [4.78, 5) is 69.1. The molecule has 4 amide bonds. The van der Waals surface area contributed by atoms with Gasteiger partial charge in [0.1, 0.15) is 23.5 Å². The monoisotopic (exact) mass is 723 g/mol. The summed E-state index contributed by atoms with van der Waals surface area (Å²) in [5.41, 5.74) is 11.6. The van der Waals surface area contributed by atoms with Crippen LogP contribution >= 0.6 is 0 Å². The van der Waals surface area contributed by atoms with Gasteiger partial charge in [0.2, 0.25) is 17.7 Å². The van der Waals surface area contributed by atoms with Crippen molar-refractivity contribution in [2.24, 2.45) is 5.11 Å². The zero-order chi connectivity index (χ0) is 38.2. The number of Topliss-reactive ketones (excluding diaryl/α,β-unsaturated/α-hetero) is 1. The van der Waals surface area contributed by atoms with E-state index < -0.39 is 29.7 Å². The fraction of sp³-hybridized carbons (Fsp3) is 0.425. The zero-order valence-electron chi connectivity index (χ0n) is 30.6. The minimum atomic E-state index is -1.10. The third-order valence-corrected chi connectivity index (χ3v) is 9.16. The number of hydrogen-bond donors (Lipinski definition) is 3. The van der Waals surface area contributed by atoms with Crippen molar-refractivity contribution in [1.82, 2.24) is 20.9 Å². The van der Waals surface area contributed by atoms with Gasteiger partial charge in [-0.25, -0.2) is 4.79 Å². The van der Waals surface area contributed by atoms with Crippen LogP contribution in [0.2, 0.25) is 0 Å². The van der Waals surface area contributed by atoms with E-state index in [1.165, 1.54) is 6.92 Å². The molecule has 0 aromatic heterocycles. The molecule has 1 heterocycles. The molecule has 0 aliphatic carbocycles. The number of unbranched alkanes of at least 4 members (excludes halogenated alkanes) is 1. The van der Waals surface area contributed by atoms with Crippen molar-refractivity contribution in [3.8, 4) is 0 Å². The number of carbonyl (C=O) groups is 5. The lowest BCUT2D eigenvalue weighted by atomic mass is 9.91. The van der Waals surface area contributed by atoms with E-state index in [1.54, 1.807) is 18.7 Å². The van der Waals surface area contributed by atoms with E-state index >= 15 is 0 Å². The highest BCUT2D eigenvalue weighted by atomic mass is 16.6. The third kappa shape index (κ3) is 12.5. The topological polar surface area (TPSA) is 183 Å². The number of hydrogen-bond acceptors (Lipinski definition) is 7. The van der Waals surface area contributed by atoms with Crippen LogP contribution in [-0.4, -0.2) is 71.8 Å². The highest BCUT2D eigenvalue weighted by Gasteiger charge is 2.34. The molecule has 280 valence electrons. The molecule has 53 heavy (non-hydrogen) atoms. The number of alkyl carbamates (subject to hydrolysis) is 1. The lowest BCUT2D eigenvalue weighted by Crippen LogP contribution is -2.52. The first kappa shape index (κ1) is 40.1. The number of rotatable bonds is 18. The van der Waals surface area contributed by atoms with Gasteiger partial charge in [0, 0.05) is 49.7 Å². The Morgan fingerprint density at radius 2 is 1.51 bits per heavy atom. The Bertz CT molecular complexity index is 1720. The van der Waals surface area contributed by atoms with E-state index in [0.29, 0.717) is 25.8 Å². The molecule has 1 aliphatic rings. The van der Waals surface area contributed by atoms with Crippen LogP contribution in [-0.2, 0) is 36.9 Å². The maximum Gasteiger partial charge on any atom is 0.408 e. The molecule has 0 saturated carbocycles. The fourth-order valence-corrected chi connectivity index (χ4v) is 6.30. The predicted molar refractivity (Wildman–Crippen MR) is 200 cm³/mol. The highest BCUT2D eigenvalue weighted by molar-refractivity contribution is 5.90. The summed E-state index contributed by atoms with van der Waals surface area (Å²) in [6.45, 7) is 5.42. The maximum absolute atomic E-state index is 13.7. The average Bonchev–Trinajstić information content (AvgIpc) is 3.15. The largest absolute Gasteiger partial charge is 0.443 e. The molecule has 0 unspecified atom stereocenters. The first-order valence-electron chi connectivity index (χ1n) is 18.0. The number of nitrogens with one attached hydrogen (secondary N) is 3. The van der Waals surface area contributed by atoms with Crippen LogP contribution in [0.1, 0.15) is 81.0 Å². The molecule has 0 radical (unpaired) electrons. The molecule has 3 N–H and O–H groups in total. The van der Waals surface area contributed by atoms with Gasteiger partial charge in [-0.05, 0) is 67.8 Å². The molecule has 2 atom stereocenters. The maximum atomic E-state index is 13.7. The minimum Gasteiger partial charge on any atom is -0.443 e. The SMILES string of the molecule is CC(=O)CCC(=O)N1Cc2ccccc2C[C@H]1C(=O)NCCCC[C@H](NC(=O)OC(C)(C)CN=[N+]=[N-])C(=O)NCC(c1ccccc1)c1ccccc1. The quantitative estimate of drug-likeness (QED) is 0.0652.